The molecule has 4 aliphatic carbocycles. The van der Waals surface area contributed by atoms with Gasteiger partial charge in [-0.1, -0.05) is 128 Å². The average molecular weight is 595 g/mol. The fraction of sp³-hybridized carbons (Fsp3) is 0.905. The molecule has 4 rings (SSSR count). The van der Waals surface area contributed by atoms with E-state index in [-0.39, 0.29) is 0 Å². The zero-order valence-electron chi connectivity index (χ0n) is 29.6. The van der Waals surface area contributed by atoms with Gasteiger partial charge < -0.3 is 4.74 Å². The van der Waals surface area contributed by atoms with Gasteiger partial charge in [0.1, 0.15) is 0 Å². The third kappa shape index (κ3) is 12.0. The summed E-state index contributed by atoms with van der Waals surface area (Å²) in [5.74, 6) is 7.23. The maximum Gasteiger partial charge on any atom is 0.0654 e. The molecular weight excluding hydrogens is 520 g/mol. The van der Waals surface area contributed by atoms with Crippen molar-refractivity contribution in [2.24, 2.45) is 47.3 Å². The molecule has 0 N–H and O–H groups in total. The second kappa shape index (κ2) is 19.8. The van der Waals surface area contributed by atoms with E-state index in [4.69, 9.17) is 4.74 Å². The van der Waals surface area contributed by atoms with Gasteiger partial charge in [-0.2, -0.15) is 0 Å². The Kier molecular flexibility index (Phi) is 16.3. The highest BCUT2D eigenvalue weighted by Crippen LogP contribution is 2.44. The van der Waals surface area contributed by atoms with E-state index in [1.807, 2.05) is 11.1 Å². The van der Waals surface area contributed by atoms with Crippen molar-refractivity contribution in [2.45, 2.75) is 182 Å². The molecule has 0 saturated heterocycles. The monoisotopic (exact) mass is 595 g/mol. The Morgan fingerprint density at radius 1 is 0.465 bits per heavy atom. The van der Waals surface area contributed by atoms with Gasteiger partial charge in [-0.25, -0.2) is 0 Å². The lowest BCUT2D eigenvalue weighted by Crippen LogP contribution is -2.24. The van der Waals surface area contributed by atoms with Gasteiger partial charge in [0.05, 0.1) is 13.2 Å². The molecule has 43 heavy (non-hydrogen) atoms. The van der Waals surface area contributed by atoms with Crippen molar-refractivity contribution in [1.29, 1.82) is 0 Å². The molecule has 1 heteroatoms. The molecule has 4 fully saturated rings. The molecule has 0 aromatic carbocycles. The van der Waals surface area contributed by atoms with Gasteiger partial charge in [-0.15, -0.1) is 0 Å². The van der Waals surface area contributed by atoms with Crippen molar-refractivity contribution in [3.05, 3.63) is 23.3 Å². The van der Waals surface area contributed by atoms with Crippen LogP contribution in [0.15, 0.2) is 23.3 Å². The van der Waals surface area contributed by atoms with Crippen LogP contribution in [-0.2, 0) is 4.74 Å². The molecule has 0 aromatic rings. The molecule has 0 amide bonds. The molecule has 248 valence electrons. The quantitative estimate of drug-likeness (QED) is 0.128. The summed E-state index contributed by atoms with van der Waals surface area (Å²) in [5, 5.41) is 0. The van der Waals surface area contributed by atoms with Crippen LogP contribution in [0.3, 0.4) is 0 Å². The van der Waals surface area contributed by atoms with E-state index < -0.39 is 0 Å². The van der Waals surface area contributed by atoms with Crippen LogP contribution in [0.5, 0.6) is 0 Å². The largest absolute Gasteiger partial charge is 0.373 e. The zero-order valence-corrected chi connectivity index (χ0v) is 29.6. The molecule has 4 aliphatic rings. The highest BCUT2D eigenvalue weighted by Gasteiger charge is 2.31. The third-order valence-corrected chi connectivity index (χ3v) is 12.9. The minimum absolute atomic E-state index is 0.837. The molecule has 0 radical (unpaired) electrons. The second-order valence-electron chi connectivity index (χ2n) is 16.3. The van der Waals surface area contributed by atoms with Crippen LogP contribution in [0.2, 0.25) is 0 Å². The topological polar surface area (TPSA) is 9.23 Å². The summed E-state index contributed by atoms with van der Waals surface area (Å²) in [5.41, 5.74) is 3.65. The molecule has 0 aliphatic heterocycles. The Balaban J connectivity index is 1.33. The molecule has 0 aromatic heterocycles. The van der Waals surface area contributed by atoms with Gasteiger partial charge in [-0.05, 0) is 124 Å². The van der Waals surface area contributed by atoms with E-state index in [1.54, 1.807) is 0 Å². The highest BCUT2D eigenvalue weighted by molar-refractivity contribution is 5.15. The van der Waals surface area contributed by atoms with Crippen molar-refractivity contribution in [3.63, 3.8) is 0 Å². The Bertz CT molecular complexity index is 710. The minimum atomic E-state index is 0.837. The molecule has 0 unspecified atom stereocenters. The summed E-state index contributed by atoms with van der Waals surface area (Å²) >= 11 is 0. The van der Waals surface area contributed by atoms with Crippen LogP contribution in [0.1, 0.15) is 182 Å². The first-order valence-corrected chi connectivity index (χ1v) is 20.0. The molecule has 0 heterocycles. The number of unbranched alkanes of at least 4 members (excludes halogenated alkanes) is 4. The lowest BCUT2D eigenvalue weighted by Gasteiger charge is -2.36. The van der Waals surface area contributed by atoms with E-state index in [0.29, 0.717) is 0 Å². The van der Waals surface area contributed by atoms with Crippen LogP contribution >= 0.6 is 0 Å². The van der Waals surface area contributed by atoms with E-state index in [9.17, 15) is 0 Å². The fourth-order valence-electron chi connectivity index (χ4n) is 9.83. The number of allylic oxidation sites excluding steroid dienone is 2. The van der Waals surface area contributed by atoms with Gasteiger partial charge in [0.2, 0.25) is 0 Å². The molecule has 1 nitrogen and oxygen atoms in total. The maximum absolute atomic E-state index is 6.52. The summed E-state index contributed by atoms with van der Waals surface area (Å²) in [6.45, 7) is 11.3. The first-order chi connectivity index (χ1) is 21.1. The molecule has 0 atom stereocenters. The van der Waals surface area contributed by atoms with Crippen molar-refractivity contribution in [3.8, 4) is 0 Å². The fourth-order valence-corrected chi connectivity index (χ4v) is 9.83. The van der Waals surface area contributed by atoms with Crippen LogP contribution in [-0.4, -0.2) is 13.2 Å². The predicted molar refractivity (Wildman–Crippen MR) is 188 cm³/mol. The SMILES string of the molecule is CCCCC[C@H]1CC[C@H](C(=CCOCC=C([C@H]2CC[C@H](C)CC2)[C@H]2CC[C@H](CCCCC)CC2)[C@H]2CC[C@H](C)CC2)CC1. The van der Waals surface area contributed by atoms with E-state index >= 15 is 0 Å². The number of hydrogen-bond acceptors (Lipinski definition) is 1. The normalized spacial score (nSPS) is 34.8. The van der Waals surface area contributed by atoms with Crippen molar-refractivity contribution in [1.82, 2.24) is 0 Å². The lowest BCUT2D eigenvalue weighted by atomic mass is 9.69. The first kappa shape index (κ1) is 35.3. The highest BCUT2D eigenvalue weighted by atomic mass is 16.5. The Morgan fingerprint density at radius 2 is 0.791 bits per heavy atom. The smallest absolute Gasteiger partial charge is 0.0654 e. The average Bonchev–Trinajstić information content (AvgIpc) is 3.03. The van der Waals surface area contributed by atoms with Crippen molar-refractivity contribution in [2.75, 3.05) is 13.2 Å². The van der Waals surface area contributed by atoms with E-state index in [2.05, 4.69) is 39.8 Å². The Hall–Kier alpha value is -0.560. The number of ether oxygens (including phenoxy) is 1. The molecule has 4 saturated carbocycles. The van der Waals surface area contributed by atoms with Crippen LogP contribution in [0, 0.1) is 47.3 Å². The molecular formula is C42H74O. The van der Waals surface area contributed by atoms with Crippen molar-refractivity contribution < 1.29 is 4.74 Å². The van der Waals surface area contributed by atoms with Gasteiger partial charge in [0.25, 0.3) is 0 Å². The van der Waals surface area contributed by atoms with Gasteiger partial charge in [-0.3, -0.25) is 0 Å². The maximum atomic E-state index is 6.52. The summed E-state index contributed by atoms with van der Waals surface area (Å²) in [6, 6.07) is 0. The van der Waals surface area contributed by atoms with Gasteiger partial charge >= 0.3 is 0 Å². The van der Waals surface area contributed by atoms with E-state index in [1.165, 1.54) is 154 Å². The Labute approximate surface area is 269 Å². The first-order valence-electron chi connectivity index (χ1n) is 20.0. The predicted octanol–water partition coefficient (Wildman–Crippen LogP) is 13.3. The zero-order chi connectivity index (χ0) is 30.3. The molecule has 0 bridgehead atoms. The number of hydrogen-bond donors (Lipinski definition) is 0. The van der Waals surface area contributed by atoms with Crippen molar-refractivity contribution >= 4 is 0 Å². The Morgan fingerprint density at radius 3 is 1.12 bits per heavy atom. The van der Waals surface area contributed by atoms with Crippen LogP contribution < -0.4 is 0 Å². The molecule has 0 spiro atoms. The lowest BCUT2D eigenvalue weighted by molar-refractivity contribution is 0.185. The summed E-state index contributed by atoms with van der Waals surface area (Å²) in [4.78, 5) is 0. The summed E-state index contributed by atoms with van der Waals surface area (Å²) < 4.78 is 6.52. The van der Waals surface area contributed by atoms with Crippen LogP contribution in [0.4, 0.5) is 0 Å². The van der Waals surface area contributed by atoms with Crippen LogP contribution in [0.25, 0.3) is 0 Å². The van der Waals surface area contributed by atoms with E-state index in [0.717, 1.165) is 60.6 Å². The van der Waals surface area contributed by atoms with Gasteiger partial charge in [0.15, 0.2) is 0 Å². The van der Waals surface area contributed by atoms with Gasteiger partial charge in [0, 0.05) is 0 Å². The summed E-state index contributed by atoms with van der Waals surface area (Å²) in [7, 11) is 0. The number of rotatable bonds is 16. The summed E-state index contributed by atoms with van der Waals surface area (Å²) in [6.07, 6.45) is 39.8. The second-order valence-corrected chi connectivity index (χ2v) is 16.3. The standard InChI is InChI=1S/C42H74O/c1-5-7-9-11-35-17-25-39(26-18-35)41(37-21-13-33(3)14-22-37)29-31-43-32-30-42(38-23-15-34(4)16-24-38)40-27-19-36(20-28-40)12-10-8-6-2/h29-30,33-40H,5-28,31-32H2,1-4H3/t33-,34-,35-,36-,37-,38-,39-,40-. The third-order valence-electron chi connectivity index (χ3n) is 12.9. The minimum Gasteiger partial charge on any atom is -0.373 e.